The highest BCUT2D eigenvalue weighted by Gasteiger charge is 2.08. The highest BCUT2D eigenvalue weighted by Crippen LogP contribution is 2.25. The first kappa shape index (κ1) is 13.0. The van der Waals surface area contributed by atoms with Gasteiger partial charge < -0.3 is 10.6 Å². The lowest BCUT2D eigenvalue weighted by Gasteiger charge is -2.19. The molecule has 0 spiro atoms. The van der Waals surface area contributed by atoms with Crippen LogP contribution in [0, 0.1) is 0 Å². The second-order valence-corrected chi connectivity index (χ2v) is 4.90. The van der Waals surface area contributed by atoms with Crippen molar-refractivity contribution in [2.75, 3.05) is 17.7 Å². The normalized spacial score (nSPS) is 10.4. The van der Waals surface area contributed by atoms with Gasteiger partial charge >= 0.3 is 0 Å². The van der Waals surface area contributed by atoms with E-state index in [9.17, 15) is 0 Å². The van der Waals surface area contributed by atoms with Gasteiger partial charge in [0.25, 0.3) is 0 Å². The summed E-state index contributed by atoms with van der Waals surface area (Å²) in [6.45, 7) is 0.702. The zero-order valence-electron chi connectivity index (χ0n) is 9.90. The first-order valence-corrected chi connectivity index (χ1v) is 6.18. The Bertz CT molecular complexity index is 540. The zero-order valence-corrected chi connectivity index (χ0v) is 11.4. The molecule has 0 saturated carbocycles. The standard InChI is InChI=1S/C13H13Cl2N3/c1-18(8-9-2-4-10(14)5-3-9)13-12(15)6-11(16)7-17-13/h2-7H,8,16H2,1H3. The largest absolute Gasteiger partial charge is 0.397 e. The van der Waals surface area contributed by atoms with Gasteiger partial charge in [-0.3, -0.25) is 0 Å². The lowest BCUT2D eigenvalue weighted by molar-refractivity contribution is 0.899. The van der Waals surface area contributed by atoms with E-state index in [4.69, 9.17) is 28.9 Å². The van der Waals surface area contributed by atoms with Crippen LogP contribution in [-0.2, 0) is 6.54 Å². The number of nitrogen functional groups attached to an aromatic ring is 1. The molecule has 94 valence electrons. The van der Waals surface area contributed by atoms with Gasteiger partial charge in [-0.25, -0.2) is 4.98 Å². The molecule has 3 nitrogen and oxygen atoms in total. The molecule has 0 saturated heterocycles. The van der Waals surface area contributed by atoms with Crippen LogP contribution in [0.5, 0.6) is 0 Å². The van der Waals surface area contributed by atoms with Gasteiger partial charge in [-0.1, -0.05) is 35.3 Å². The number of hydrogen-bond donors (Lipinski definition) is 1. The predicted octanol–water partition coefficient (Wildman–Crippen LogP) is 3.61. The van der Waals surface area contributed by atoms with Crippen molar-refractivity contribution in [1.82, 2.24) is 4.98 Å². The number of aromatic nitrogens is 1. The van der Waals surface area contributed by atoms with Crippen LogP contribution in [0.3, 0.4) is 0 Å². The van der Waals surface area contributed by atoms with Crippen molar-refractivity contribution in [3.8, 4) is 0 Å². The van der Waals surface area contributed by atoms with Crippen LogP contribution in [0.25, 0.3) is 0 Å². The first-order chi connectivity index (χ1) is 8.56. The average molecular weight is 282 g/mol. The number of nitrogens with two attached hydrogens (primary N) is 1. The summed E-state index contributed by atoms with van der Waals surface area (Å²) in [4.78, 5) is 6.20. The van der Waals surface area contributed by atoms with E-state index in [1.807, 2.05) is 36.2 Å². The van der Waals surface area contributed by atoms with Crippen molar-refractivity contribution >= 4 is 34.7 Å². The van der Waals surface area contributed by atoms with E-state index in [0.29, 0.717) is 23.1 Å². The van der Waals surface area contributed by atoms with Crippen LogP contribution < -0.4 is 10.6 Å². The van der Waals surface area contributed by atoms with Crippen LogP contribution in [-0.4, -0.2) is 12.0 Å². The maximum atomic E-state index is 6.11. The van der Waals surface area contributed by atoms with Gasteiger partial charge in [0.05, 0.1) is 16.9 Å². The Hall–Kier alpha value is -1.45. The molecule has 18 heavy (non-hydrogen) atoms. The lowest BCUT2D eigenvalue weighted by atomic mass is 10.2. The Kier molecular flexibility index (Phi) is 3.94. The summed E-state index contributed by atoms with van der Waals surface area (Å²) in [5.41, 5.74) is 7.31. The summed E-state index contributed by atoms with van der Waals surface area (Å²) in [7, 11) is 1.93. The third-order valence-electron chi connectivity index (χ3n) is 2.54. The lowest BCUT2D eigenvalue weighted by Crippen LogP contribution is -2.18. The minimum atomic E-state index is 0.548. The number of halogens is 2. The van der Waals surface area contributed by atoms with Gasteiger partial charge in [0.2, 0.25) is 0 Å². The molecule has 0 fully saturated rings. The van der Waals surface area contributed by atoms with Gasteiger partial charge in [0.1, 0.15) is 5.82 Å². The maximum Gasteiger partial charge on any atom is 0.147 e. The predicted molar refractivity (Wildman–Crippen MR) is 77.2 cm³/mol. The Morgan fingerprint density at radius 3 is 2.50 bits per heavy atom. The molecule has 0 unspecified atom stereocenters. The van der Waals surface area contributed by atoms with Gasteiger partial charge in [-0.2, -0.15) is 0 Å². The summed E-state index contributed by atoms with van der Waals surface area (Å²) in [5.74, 6) is 0.709. The topological polar surface area (TPSA) is 42.2 Å². The van der Waals surface area contributed by atoms with Crippen molar-refractivity contribution < 1.29 is 0 Å². The second kappa shape index (κ2) is 5.46. The minimum Gasteiger partial charge on any atom is -0.397 e. The quantitative estimate of drug-likeness (QED) is 0.935. The summed E-state index contributed by atoms with van der Waals surface area (Å²) in [6, 6.07) is 9.38. The van der Waals surface area contributed by atoms with Crippen LogP contribution in [0.2, 0.25) is 10.0 Å². The molecule has 2 aromatic rings. The summed E-state index contributed by atoms with van der Waals surface area (Å²) in [5, 5.41) is 1.27. The SMILES string of the molecule is CN(Cc1ccc(Cl)cc1)c1ncc(N)cc1Cl. The van der Waals surface area contributed by atoms with Gasteiger partial charge in [0.15, 0.2) is 0 Å². The first-order valence-electron chi connectivity index (χ1n) is 5.43. The number of anilines is 2. The molecule has 1 aromatic heterocycles. The van der Waals surface area contributed by atoms with Crippen molar-refractivity contribution in [2.45, 2.75) is 6.54 Å². The van der Waals surface area contributed by atoms with Crippen molar-refractivity contribution in [1.29, 1.82) is 0 Å². The molecule has 2 rings (SSSR count). The smallest absolute Gasteiger partial charge is 0.147 e. The number of benzene rings is 1. The summed E-state index contributed by atoms with van der Waals surface area (Å²) in [6.07, 6.45) is 1.60. The second-order valence-electron chi connectivity index (χ2n) is 4.06. The molecule has 0 amide bonds. The zero-order chi connectivity index (χ0) is 13.1. The van der Waals surface area contributed by atoms with Crippen molar-refractivity contribution in [2.24, 2.45) is 0 Å². The molecular formula is C13H13Cl2N3. The van der Waals surface area contributed by atoms with E-state index in [1.54, 1.807) is 12.3 Å². The van der Waals surface area contributed by atoms with Crippen LogP contribution in [0.1, 0.15) is 5.56 Å². The highest BCUT2D eigenvalue weighted by atomic mass is 35.5. The third kappa shape index (κ3) is 3.06. The van der Waals surface area contributed by atoms with E-state index in [1.165, 1.54) is 0 Å². The maximum absolute atomic E-state index is 6.11. The highest BCUT2D eigenvalue weighted by molar-refractivity contribution is 6.33. The summed E-state index contributed by atoms with van der Waals surface area (Å²) >= 11 is 12.0. The van der Waals surface area contributed by atoms with Crippen LogP contribution in [0.15, 0.2) is 36.5 Å². The Morgan fingerprint density at radius 1 is 1.22 bits per heavy atom. The Morgan fingerprint density at radius 2 is 1.89 bits per heavy atom. The molecule has 0 aliphatic heterocycles. The van der Waals surface area contributed by atoms with E-state index >= 15 is 0 Å². The Balaban J connectivity index is 2.16. The molecule has 0 atom stereocenters. The van der Waals surface area contributed by atoms with E-state index in [0.717, 1.165) is 10.6 Å². The molecule has 0 aliphatic carbocycles. The number of nitrogens with zero attached hydrogens (tertiary/aromatic N) is 2. The van der Waals surface area contributed by atoms with Crippen LogP contribution in [0.4, 0.5) is 11.5 Å². The molecule has 5 heteroatoms. The van der Waals surface area contributed by atoms with Crippen LogP contribution >= 0.6 is 23.2 Å². The van der Waals surface area contributed by atoms with Crippen molar-refractivity contribution in [3.63, 3.8) is 0 Å². The van der Waals surface area contributed by atoms with E-state index in [2.05, 4.69) is 4.98 Å². The van der Waals surface area contributed by atoms with Gasteiger partial charge in [-0.15, -0.1) is 0 Å². The Labute approximate surface area is 116 Å². The molecule has 1 aromatic carbocycles. The fraction of sp³-hybridized carbons (Fsp3) is 0.154. The monoisotopic (exact) mass is 281 g/mol. The van der Waals surface area contributed by atoms with Gasteiger partial charge in [0, 0.05) is 18.6 Å². The molecular weight excluding hydrogens is 269 g/mol. The number of hydrogen-bond acceptors (Lipinski definition) is 3. The molecule has 0 radical (unpaired) electrons. The molecule has 0 bridgehead atoms. The average Bonchev–Trinajstić information content (AvgIpc) is 2.32. The molecule has 2 N–H and O–H groups in total. The third-order valence-corrected chi connectivity index (χ3v) is 3.07. The van der Waals surface area contributed by atoms with Crippen molar-refractivity contribution in [3.05, 3.63) is 52.1 Å². The van der Waals surface area contributed by atoms with Gasteiger partial charge in [-0.05, 0) is 23.8 Å². The molecule has 0 aliphatic rings. The number of pyridine rings is 1. The fourth-order valence-corrected chi connectivity index (χ4v) is 2.11. The van der Waals surface area contributed by atoms with E-state index in [-0.39, 0.29) is 0 Å². The molecule has 1 heterocycles. The fourth-order valence-electron chi connectivity index (χ4n) is 1.66. The minimum absolute atomic E-state index is 0.548. The summed E-state index contributed by atoms with van der Waals surface area (Å²) < 4.78 is 0. The number of rotatable bonds is 3. The van der Waals surface area contributed by atoms with E-state index < -0.39 is 0 Å².